The van der Waals surface area contributed by atoms with Crippen LogP contribution in [0, 0.1) is 12.8 Å². The number of carbonyl (C=O) groups is 1. The number of benzene rings is 1. The van der Waals surface area contributed by atoms with Crippen LogP contribution < -0.4 is 4.90 Å². The molecule has 1 N–H and O–H groups in total. The van der Waals surface area contributed by atoms with Crippen LogP contribution in [0.4, 0.5) is 5.69 Å². The van der Waals surface area contributed by atoms with E-state index in [1.54, 1.807) is 0 Å². The molecule has 2 aromatic rings. The molecular weight excluding hydrogens is 402 g/mol. The Balaban J connectivity index is 1.33. The normalized spacial score (nSPS) is 21.7. The van der Waals surface area contributed by atoms with Gasteiger partial charge in [0.05, 0.1) is 12.5 Å². The summed E-state index contributed by atoms with van der Waals surface area (Å²) < 4.78 is 26.7. The monoisotopic (exact) mass is 431 g/mol. The third-order valence-corrected chi connectivity index (χ3v) is 8.02. The van der Waals surface area contributed by atoms with E-state index in [0.29, 0.717) is 39.0 Å². The van der Waals surface area contributed by atoms with Crippen LogP contribution in [0.1, 0.15) is 25.3 Å². The van der Waals surface area contributed by atoms with Gasteiger partial charge in [-0.1, -0.05) is 17.7 Å². The first-order chi connectivity index (χ1) is 14.4. The molecule has 1 amide bonds. The number of hydrogen-bond acceptors (Lipinski definition) is 5. The van der Waals surface area contributed by atoms with Gasteiger partial charge in [0.15, 0.2) is 5.03 Å². The fraction of sp³-hybridized carbons (Fsp3) is 0.524. The molecule has 2 aliphatic rings. The fourth-order valence-corrected chi connectivity index (χ4v) is 5.77. The SMILES string of the molecule is Cc1ccc(N2CCN(C(=O)C3CCN(S(=O)(=O)c4cnc[nH]4)CC3)C[C@H]2C)cc1. The fourth-order valence-electron chi connectivity index (χ4n) is 4.40. The molecule has 0 saturated carbocycles. The van der Waals surface area contributed by atoms with Crippen LogP contribution in [0.2, 0.25) is 0 Å². The highest BCUT2D eigenvalue weighted by molar-refractivity contribution is 7.89. The molecule has 1 aromatic heterocycles. The number of hydrogen-bond donors (Lipinski definition) is 1. The summed E-state index contributed by atoms with van der Waals surface area (Å²) >= 11 is 0. The molecule has 2 aliphatic heterocycles. The number of nitrogens with one attached hydrogen (secondary N) is 1. The third kappa shape index (κ3) is 4.09. The Labute approximate surface area is 177 Å². The predicted molar refractivity (Wildman–Crippen MR) is 115 cm³/mol. The van der Waals surface area contributed by atoms with E-state index in [0.717, 1.165) is 6.54 Å². The number of nitrogens with zero attached hydrogens (tertiary/aromatic N) is 4. The van der Waals surface area contributed by atoms with Crippen LogP contribution in [-0.4, -0.2) is 72.3 Å². The molecule has 1 atom stereocenters. The summed E-state index contributed by atoms with van der Waals surface area (Å²) in [6.07, 6.45) is 3.79. The molecule has 162 valence electrons. The number of imidazole rings is 1. The standard InChI is InChI=1S/C21H29N5O3S/c1-16-3-5-19(6-4-16)26-12-11-24(14-17(26)2)21(27)18-7-9-25(10-8-18)30(28,29)20-13-22-15-23-20/h3-6,13,15,17-18H,7-12,14H2,1-2H3,(H,22,23)/t17-/m1/s1. The summed E-state index contributed by atoms with van der Waals surface area (Å²) in [5.41, 5.74) is 2.43. The maximum absolute atomic E-state index is 13.1. The number of sulfonamides is 1. The van der Waals surface area contributed by atoms with E-state index >= 15 is 0 Å². The van der Waals surface area contributed by atoms with E-state index < -0.39 is 10.0 Å². The zero-order valence-electron chi connectivity index (χ0n) is 17.5. The molecule has 2 saturated heterocycles. The van der Waals surface area contributed by atoms with E-state index in [9.17, 15) is 13.2 Å². The Morgan fingerprint density at radius 1 is 1.10 bits per heavy atom. The zero-order chi connectivity index (χ0) is 21.3. The van der Waals surface area contributed by atoms with E-state index in [-0.39, 0.29) is 22.9 Å². The lowest BCUT2D eigenvalue weighted by atomic mass is 9.95. The first-order valence-corrected chi connectivity index (χ1v) is 11.9. The summed E-state index contributed by atoms with van der Waals surface area (Å²) in [7, 11) is -3.56. The van der Waals surface area contributed by atoms with Gasteiger partial charge in [-0.3, -0.25) is 4.79 Å². The van der Waals surface area contributed by atoms with Gasteiger partial charge in [-0.15, -0.1) is 0 Å². The van der Waals surface area contributed by atoms with Gasteiger partial charge in [-0.05, 0) is 38.8 Å². The van der Waals surface area contributed by atoms with Crippen LogP contribution in [-0.2, 0) is 14.8 Å². The number of amides is 1. The lowest BCUT2D eigenvalue weighted by Crippen LogP contribution is -2.55. The van der Waals surface area contributed by atoms with Crippen molar-refractivity contribution in [1.29, 1.82) is 0 Å². The Bertz CT molecular complexity index is 967. The Hall–Kier alpha value is -2.39. The number of aromatic nitrogens is 2. The highest BCUT2D eigenvalue weighted by atomic mass is 32.2. The summed E-state index contributed by atoms with van der Waals surface area (Å²) in [6, 6.07) is 8.75. The Morgan fingerprint density at radius 2 is 1.80 bits per heavy atom. The first kappa shape index (κ1) is 20.9. The van der Waals surface area contributed by atoms with Crippen molar-refractivity contribution < 1.29 is 13.2 Å². The largest absolute Gasteiger partial charge is 0.365 e. The van der Waals surface area contributed by atoms with Crippen molar-refractivity contribution in [2.45, 2.75) is 37.8 Å². The molecule has 0 unspecified atom stereocenters. The minimum absolute atomic E-state index is 0.105. The van der Waals surface area contributed by atoms with E-state index in [2.05, 4.69) is 53.0 Å². The lowest BCUT2D eigenvalue weighted by Gasteiger charge is -2.43. The van der Waals surface area contributed by atoms with E-state index in [1.807, 2.05) is 4.90 Å². The molecule has 2 fully saturated rings. The minimum atomic E-state index is -3.56. The molecule has 0 aliphatic carbocycles. The minimum Gasteiger partial charge on any atom is -0.365 e. The van der Waals surface area contributed by atoms with Gasteiger partial charge >= 0.3 is 0 Å². The number of H-pyrrole nitrogens is 1. The third-order valence-electron chi connectivity index (χ3n) is 6.20. The molecule has 8 nitrogen and oxygen atoms in total. The summed E-state index contributed by atoms with van der Waals surface area (Å²) in [6.45, 7) is 7.15. The number of piperazine rings is 1. The number of carbonyl (C=O) groups excluding carboxylic acids is 1. The molecule has 0 radical (unpaired) electrons. The van der Waals surface area contributed by atoms with Crippen molar-refractivity contribution >= 4 is 21.6 Å². The Kier molecular flexibility index (Phi) is 5.84. The van der Waals surface area contributed by atoms with Gasteiger partial charge in [0.25, 0.3) is 10.0 Å². The average molecular weight is 432 g/mol. The molecule has 1 aromatic carbocycles. The number of aromatic amines is 1. The zero-order valence-corrected chi connectivity index (χ0v) is 18.3. The summed E-state index contributed by atoms with van der Waals surface area (Å²) in [5, 5.41) is 0.105. The Morgan fingerprint density at radius 3 is 2.40 bits per heavy atom. The van der Waals surface area contributed by atoms with E-state index in [1.165, 1.54) is 28.1 Å². The molecule has 4 rings (SSSR count). The lowest BCUT2D eigenvalue weighted by molar-refractivity contribution is -0.137. The van der Waals surface area contributed by atoms with E-state index in [4.69, 9.17) is 0 Å². The van der Waals surface area contributed by atoms with Crippen LogP contribution in [0.3, 0.4) is 0 Å². The van der Waals surface area contributed by atoms with Gasteiger partial charge in [0, 0.05) is 50.4 Å². The van der Waals surface area contributed by atoms with Gasteiger partial charge < -0.3 is 14.8 Å². The molecule has 30 heavy (non-hydrogen) atoms. The summed E-state index contributed by atoms with van der Waals surface area (Å²) in [5.74, 6) is 0.0420. The number of anilines is 1. The van der Waals surface area contributed by atoms with Crippen LogP contribution in [0.25, 0.3) is 0 Å². The van der Waals surface area contributed by atoms with Crippen molar-refractivity contribution in [3.63, 3.8) is 0 Å². The topological polar surface area (TPSA) is 89.6 Å². The summed E-state index contributed by atoms with van der Waals surface area (Å²) in [4.78, 5) is 23.9. The smallest absolute Gasteiger partial charge is 0.260 e. The quantitative estimate of drug-likeness (QED) is 0.798. The predicted octanol–water partition coefficient (Wildman–Crippen LogP) is 1.86. The van der Waals surface area contributed by atoms with Crippen molar-refractivity contribution in [3.05, 3.63) is 42.4 Å². The maximum atomic E-state index is 13.1. The second-order valence-electron chi connectivity index (χ2n) is 8.26. The highest BCUT2D eigenvalue weighted by Gasteiger charge is 2.36. The van der Waals surface area contributed by atoms with Crippen LogP contribution in [0.5, 0.6) is 0 Å². The number of piperidine rings is 1. The van der Waals surface area contributed by atoms with Gasteiger partial charge in [0.2, 0.25) is 5.91 Å². The molecular formula is C21H29N5O3S. The van der Waals surface area contributed by atoms with Crippen molar-refractivity contribution in [2.24, 2.45) is 5.92 Å². The van der Waals surface area contributed by atoms with Crippen LogP contribution >= 0.6 is 0 Å². The second kappa shape index (κ2) is 8.39. The molecule has 3 heterocycles. The van der Waals surface area contributed by atoms with Crippen molar-refractivity contribution in [2.75, 3.05) is 37.6 Å². The van der Waals surface area contributed by atoms with Gasteiger partial charge in [0.1, 0.15) is 0 Å². The number of rotatable bonds is 4. The first-order valence-electron chi connectivity index (χ1n) is 10.5. The maximum Gasteiger partial charge on any atom is 0.260 e. The number of aryl methyl sites for hydroxylation is 1. The van der Waals surface area contributed by atoms with Crippen molar-refractivity contribution in [1.82, 2.24) is 19.2 Å². The van der Waals surface area contributed by atoms with Gasteiger partial charge in [-0.2, -0.15) is 4.31 Å². The van der Waals surface area contributed by atoms with Crippen molar-refractivity contribution in [3.8, 4) is 0 Å². The highest BCUT2D eigenvalue weighted by Crippen LogP contribution is 2.26. The molecule has 0 spiro atoms. The second-order valence-corrected chi connectivity index (χ2v) is 10.2. The molecule has 0 bridgehead atoms. The molecule has 9 heteroatoms. The average Bonchev–Trinajstić information content (AvgIpc) is 3.30. The van der Waals surface area contributed by atoms with Gasteiger partial charge in [-0.25, -0.2) is 13.4 Å². The van der Waals surface area contributed by atoms with Crippen LogP contribution in [0.15, 0.2) is 41.8 Å².